The molecule has 1 amide bonds. The van der Waals surface area contributed by atoms with Crippen LogP contribution in [0.1, 0.15) is 29.0 Å². The van der Waals surface area contributed by atoms with Crippen LogP contribution in [0.2, 0.25) is 0 Å². The van der Waals surface area contributed by atoms with Gasteiger partial charge in [0.25, 0.3) is 5.82 Å². The highest BCUT2D eigenvalue weighted by Gasteiger charge is 2.31. The molecule has 1 fully saturated rings. The number of thiophene rings is 1. The highest BCUT2D eigenvalue weighted by atomic mass is 32.1. The Labute approximate surface area is 179 Å². The van der Waals surface area contributed by atoms with E-state index < -0.39 is 17.7 Å². The summed E-state index contributed by atoms with van der Waals surface area (Å²) in [5.74, 6) is -0.831. The minimum Gasteiger partial charge on any atom is -0.458 e. The number of amides is 1. The molecule has 0 bridgehead atoms. The maximum Gasteiger partial charge on any atom is 0.416 e. The zero-order chi connectivity index (χ0) is 22.0. The molecule has 0 unspecified atom stereocenters. The lowest BCUT2D eigenvalue weighted by Gasteiger charge is -2.14. The van der Waals surface area contributed by atoms with E-state index in [4.69, 9.17) is 4.74 Å². The van der Waals surface area contributed by atoms with Crippen molar-refractivity contribution >= 4 is 23.2 Å². The molecule has 1 aliphatic rings. The van der Waals surface area contributed by atoms with E-state index >= 15 is 0 Å². The van der Waals surface area contributed by atoms with Gasteiger partial charge in [0.05, 0.1) is 22.7 Å². The number of halogens is 3. The lowest BCUT2D eigenvalue weighted by molar-refractivity contribution is -0.137. The van der Waals surface area contributed by atoms with Crippen molar-refractivity contribution in [2.45, 2.75) is 19.0 Å². The normalized spacial score (nSPS) is 14.3. The van der Waals surface area contributed by atoms with Crippen LogP contribution >= 0.6 is 11.3 Å². The number of alkyl halides is 3. The molecule has 1 aliphatic heterocycles. The lowest BCUT2D eigenvalue weighted by atomic mass is 10.2. The van der Waals surface area contributed by atoms with Crippen molar-refractivity contribution < 1.29 is 27.5 Å². The number of hydrogen-bond donors (Lipinski definition) is 0. The molecule has 0 aliphatic carbocycles. The van der Waals surface area contributed by atoms with Gasteiger partial charge in [-0.15, -0.1) is 16.4 Å². The van der Waals surface area contributed by atoms with Crippen molar-refractivity contribution in [3.05, 3.63) is 53.2 Å². The highest BCUT2D eigenvalue weighted by Crippen LogP contribution is 2.32. The van der Waals surface area contributed by atoms with Crippen molar-refractivity contribution in [1.29, 1.82) is 0 Å². The molecule has 4 rings (SSSR count). The monoisotopic (exact) mass is 450 g/mol. The average molecular weight is 450 g/mol. The van der Waals surface area contributed by atoms with E-state index in [0.717, 1.165) is 18.6 Å². The van der Waals surface area contributed by atoms with Crippen LogP contribution in [0, 0.1) is 0 Å². The topological polar surface area (TPSA) is 77.3 Å². The number of benzene rings is 1. The van der Waals surface area contributed by atoms with Crippen molar-refractivity contribution in [2.24, 2.45) is 0 Å². The molecule has 0 radical (unpaired) electrons. The zero-order valence-corrected chi connectivity index (χ0v) is 16.9. The number of nitrogens with zero attached hydrogens (tertiary/aromatic N) is 4. The summed E-state index contributed by atoms with van der Waals surface area (Å²) >= 11 is 1.31. The van der Waals surface area contributed by atoms with Gasteiger partial charge in [0.2, 0.25) is 5.91 Å². The van der Waals surface area contributed by atoms with Crippen LogP contribution in [0.25, 0.3) is 16.4 Å². The summed E-state index contributed by atoms with van der Waals surface area (Å²) in [6.07, 6.45) is -3.25. The maximum absolute atomic E-state index is 13.1. The van der Waals surface area contributed by atoms with Crippen LogP contribution in [0.5, 0.6) is 0 Å². The predicted molar refractivity (Wildman–Crippen MR) is 106 cm³/mol. The molecule has 1 aromatic carbocycles. The van der Waals surface area contributed by atoms with Gasteiger partial charge >= 0.3 is 12.1 Å². The van der Waals surface area contributed by atoms with Gasteiger partial charge < -0.3 is 9.64 Å². The molecule has 0 N–H and O–H groups in total. The highest BCUT2D eigenvalue weighted by molar-refractivity contribution is 7.13. The molecule has 0 atom stereocenters. The Kier molecular flexibility index (Phi) is 5.77. The first-order chi connectivity index (χ1) is 14.8. The predicted octanol–water partition coefficient (Wildman–Crippen LogP) is 3.79. The third-order valence-electron chi connectivity index (χ3n) is 4.72. The molecule has 162 valence electrons. The fraction of sp³-hybridized carbons (Fsp3) is 0.300. The summed E-state index contributed by atoms with van der Waals surface area (Å²) in [5.41, 5.74) is -0.718. The molecule has 0 saturated carbocycles. The third-order valence-corrected chi connectivity index (χ3v) is 5.58. The van der Waals surface area contributed by atoms with E-state index in [0.29, 0.717) is 17.8 Å². The second kappa shape index (κ2) is 8.50. The average Bonchev–Trinajstić information content (AvgIpc) is 3.48. The quantitative estimate of drug-likeness (QED) is 0.534. The van der Waals surface area contributed by atoms with Gasteiger partial charge in [0, 0.05) is 13.0 Å². The van der Waals surface area contributed by atoms with Crippen molar-refractivity contribution in [3.8, 4) is 16.4 Å². The second-order valence-electron chi connectivity index (χ2n) is 6.82. The molecule has 0 spiro atoms. The summed E-state index contributed by atoms with van der Waals surface area (Å²) in [5, 5.41) is 5.90. The fourth-order valence-electron chi connectivity index (χ4n) is 3.21. The van der Waals surface area contributed by atoms with E-state index in [1.165, 1.54) is 28.2 Å². The van der Waals surface area contributed by atoms with Crippen LogP contribution in [0.4, 0.5) is 13.2 Å². The van der Waals surface area contributed by atoms with Crippen LogP contribution < -0.4 is 0 Å². The number of rotatable bonds is 6. The number of carbonyl (C=O) groups is 2. The molecule has 2 aromatic heterocycles. The largest absolute Gasteiger partial charge is 0.458 e. The third kappa shape index (κ3) is 4.61. The molecule has 7 nitrogen and oxygen atoms in total. The standard InChI is InChI=1S/C20H17F3N4O3S/c21-20(22,23)13-4-1-5-14(12-13)27-18(15-6-3-11-31-15)24-17(25-27)19(29)30-10-9-26-8-2-7-16(26)28/h1,3-6,11-12H,2,7-10H2. The van der Waals surface area contributed by atoms with Gasteiger partial charge in [0.15, 0.2) is 5.82 Å². The van der Waals surface area contributed by atoms with Gasteiger partial charge in [-0.05, 0) is 36.1 Å². The number of esters is 1. The molecule has 3 heterocycles. The summed E-state index contributed by atoms with van der Waals surface area (Å²) in [6, 6.07) is 8.11. The Morgan fingerprint density at radius 2 is 2.06 bits per heavy atom. The first kappa shape index (κ1) is 21.0. The smallest absolute Gasteiger partial charge is 0.416 e. The van der Waals surface area contributed by atoms with Gasteiger partial charge in [0.1, 0.15) is 6.61 Å². The van der Waals surface area contributed by atoms with E-state index in [9.17, 15) is 22.8 Å². The van der Waals surface area contributed by atoms with Crippen LogP contribution in [-0.4, -0.2) is 51.2 Å². The number of ether oxygens (including phenoxy) is 1. The lowest BCUT2D eigenvalue weighted by Crippen LogP contribution is -2.29. The molecular weight excluding hydrogens is 433 g/mol. The van der Waals surface area contributed by atoms with Crippen molar-refractivity contribution in [1.82, 2.24) is 19.7 Å². The van der Waals surface area contributed by atoms with Gasteiger partial charge in [-0.3, -0.25) is 4.79 Å². The Morgan fingerprint density at radius 1 is 1.23 bits per heavy atom. The summed E-state index contributed by atoms with van der Waals surface area (Å²) in [4.78, 5) is 30.5. The van der Waals surface area contributed by atoms with E-state index in [2.05, 4.69) is 10.1 Å². The minimum absolute atomic E-state index is 0.0166. The first-order valence-corrected chi connectivity index (χ1v) is 10.3. The zero-order valence-electron chi connectivity index (χ0n) is 16.1. The molecule has 3 aromatic rings. The minimum atomic E-state index is -4.52. The van der Waals surface area contributed by atoms with Gasteiger partial charge in [-0.2, -0.15) is 18.2 Å². The SMILES string of the molecule is O=C(OCCN1CCCC1=O)c1nc(-c2cccs2)n(-c2cccc(C(F)(F)F)c2)n1. The van der Waals surface area contributed by atoms with Crippen LogP contribution in [-0.2, 0) is 15.7 Å². The molecule has 11 heteroatoms. The fourth-order valence-corrected chi connectivity index (χ4v) is 3.91. The van der Waals surface area contributed by atoms with Crippen LogP contribution in [0.15, 0.2) is 41.8 Å². The van der Waals surface area contributed by atoms with Gasteiger partial charge in [-0.25, -0.2) is 9.48 Å². The van der Waals surface area contributed by atoms with Crippen molar-refractivity contribution in [3.63, 3.8) is 0 Å². The summed E-state index contributed by atoms with van der Waals surface area (Å²) < 4.78 is 45.8. The van der Waals surface area contributed by atoms with Crippen molar-refractivity contribution in [2.75, 3.05) is 19.7 Å². The Bertz CT molecular complexity index is 1100. The molecule has 31 heavy (non-hydrogen) atoms. The number of hydrogen-bond acceptors (Lipinski definition) is 6. The molecule has 1 saturated heterocycles. The van der Waals surface area contributed by atoms with E-state index in [-0.39, 0.29) is 36.4 Å². The Hall–Kier alpha value is -3.21. The Balaban J connectivity index is 1.59. The first-order valence-electron chi connectivity index (χ1n) is 9.46. The maximum atomic E-state index is 13.1. The second-order valence-corrected chi connectivity index (χ2v) is 7.76. The van der Waals surface area contributed by atoms with E-state index in [1.54, 1.807) is 22.4 Å². The Morgan fingerprint density at radius 3 is 2.74 bits per heavy atom. The van der Waals surface area contributed by atoms with E-state index in [1.807, 2.05) is 0 Å². The van der Waals surface area contributed by atoms with Gasteiger partial charge in [-0.1, -0.05) is 12.1 Å². The summed E-state index contributed by atoms with van der Waals surface area (Å²) in [6.45, 7) is 0.884. The number of likely N-dealkylation sites (tertiary alicyclic amines) is 1. The van der Waals surface area contributed by atoms with Crippen LogP contribution in [0.3, 0.4) is 0 Å². The molecular formula is C20H17F3N4O3S. The summed E-state index contributed by atoms with van der Waals surface area (Å²) in [7, 11) is 0. The number of aromatic nitrogens is 3. The number of carbonyl (C=O) groups excluding carboxylic acids is 2.